The predicted molar refractivity (Wildman–Crippen MR) is 50.0 cm³/mol. The second-order valence-corrected chi connectivity index (χ2v) is 4.45. The van der Waals surface area contributed by atoms with Crippen molar-refractivity contribution >= 4 is 28.8 Å². The molecule has 2 nitrogen and oxygen atoms in total. The van der Waals surface area contributed by atoms with Crippen molar-refractivity contribution in [2.24, 2.45) is 0 Å². The lowest BCUT2D eigenvalue weighted by atomic mass is 10.1. The fourth-order valence-corrected chi connectivity index (χ4v) is 2.55. The van der Waals surface area contributed by atoms with Gasteiger partial charge >= 0.3 is 0 Å². The number of nitrogens with one attached hydrogen (secondary N) is 1. The lowest BCUT2D eigenvalue weighted by molar-refractivity contribution is 0.0960. The Bertz CT molecular complexity index is 321. The van der Waals surface area contributed by atoms with Crippen LogP contribution in [0, 0.1) is 0 Å². The highest BCUT2D eigenvalue weighted by atomic mass is 35.5. The topological polar surface area (TPSA) is 29.1 Å². The highest BCUT2D eigenvalue weighted by Crippen LogP contribution is 2.28. The van der Waals surface area contributed by atoms with Crippen molar-refractivity contribution in [2.45, 2.75) is 12.8 Å². The Balaban J connectivity index is 2.44. The summed E-state index contributed by atoms with van der Waals surface area (Å²) in [4.78, 5) is 12.1. The molecule has 1 amide bonds. The molecule has 0 unspecified atom stereocenters. The Morgan fingerprint density at radius 3 is 3.25 bits per heavy atom. The average molecular weight is 202 g/mol. The molecule has 1 aliphatic rings. The molecule has 0 bridgehead atoms. The minimum absolute atomic E-state index is 0.0272. The summed E-state index contributed by atoms with van der Waals surface area (Å²) in [5.74, 6) is 0.0272. The minimum atomic E-state index is 0.0272. The number of aryl methyl sites for hydroxylation is 1. The molecule has 0 fully saturated rings. The molecule has 1 aromatic heterocycles. The molecule has 4 heteroatoms. The molecule has 0 saturated heterocycles. The SMILES string of the molecule is O=C1NCCCc2cc(Cl)sc21. The van der Waals surface area contributed by atoms with Crippen LogP contribution in [0.5, 0.6) is 0 Å². The molecule has 2 heterocycles. The molecule has 1 aromatic rings. The van der Waals surface area contributed by atoms with Gasteiger partial charge in [0.05, 0.1) is 9.21 Å². The van der Waals surface area contributed by atoms with Gasteiger partial charge in [0.25, 0.3) is 5.91 Å². The van der Waals surface area contributed by atoms with Crippen molar-refractivity contribution in [3.63, 3.8) is 0 Å². The summed E-state index contributed by atoms with van der Waals surface area (Å²) >= 11 is 7.17. The van der Waals surface area contributed by atoms with Crippen LogP contribution in [0.1, 0.15) is 21.7 Å². The van der Waals surface area contributed by atoms with E-state index in [9.17, 15) is 4.79 Å². The third-order valence-electron chi connectivity index (χ3n) is 1.89. The first kappa shape index (κ1) is 8.08. The largest absolute Gasteiger partial charge is 0.351 e. The van der Waals surface area contributed by atoms with Gasteiger partial charge < -0.3 is 5.32 Å². The van der Waals surface area contributed by atoms with Crippen molar-refractivity contribution in [2.75, 3.05) is 6.54 Å². The minimum Gasteiger partial charge on any atom is -0.351 e. The number of thiophene rings is 1. The standard InChI is InChI=1S/C8H8ClNOS/c9-6-4-5-2-1-3-10-8(11)7(5)12-6/h4H,1-3H2,(H,10,11). The molecule has 0 atom stereocenters. The molecule has 2 rings (SSSR count). The van der Waals surface area contributed by atoms with Crippen LogP contribution in [0.4, 0.5) is 0 Å². The normalized spacial score (nSPS) is 16.6. The summed E-state index contributed by atoms with van der Waals surface area (Å²) in [5.41, 5.74) is 1.10. The summed E-state index contributed by atoms with van der Waals surface area (Å²) in [6.07, 6.45) is 1.96. The van der Waals surface area contributed by atoms with E-state index < -0.39 is 0 Å². The van der Waals surface area contributed by atoms with Gasteiger partial charge in [-0.25, -0.2) is 0 Å². The highest BCUT2D eigenvalue weighted by Gasteiger charge is 2.17. The summed E-state index contributed by atoms with van der Waals surface area (Å²) in [6.45, 7) is 0.776. The Hall–Kier alpha value is -0.540. The second-order valence-electron chi connectivity index (χ2n) is 2.76. The molecule has 0 saturated carbocycles. The summed E-state index contributed by atoms with van der Waals surface area (Å²) in [5, 5.41) is 2.83. The Labute approximate surface area is 79.5 Å². The average Bonchev–Trinajstić information content (AvgIpc) is 2.33. The van der Waals surface area contributed by atoms with Crippen LogP contribution >= 0.6 is 22.9 Å². The van der Waals surface area contributed by atoms with Crippen LogP contribution < -0.4 is 5.32 Å². The lowest BCUT2D eigenvalue weighted by Crippen LogP contribution is -2.21. The zero-order valence-corrected chi connectivity index (χ0v) is 7.97. The van der Waals surface area contributed by atoms with Crippen molar-refractivity contribution in [3.8, 4) is 0 Å². The van der Waals surface area contributed by atoms with Crippen molar-refractivity contribution in [1.29, 1.82) is 0 Å². The smallest absolute Gasteiger partial charge is 0.261 e. The Morgan fingerprint density at radius 2 is 2.42 bits per heavy atom. The third-order valence-corrected chi connectivity index (χ3v) is 3.20. The van der Waals surface area contributed by atoms with Gasteiger partial charge in [-0.3, -0.25) is 4.79 Å². The van der Waals surface area contributed by atoms with E-state index in [0.717, 1.165) is 29.8 Å². The first-order valence-electron chi connectivity index (χ1n) is 3.84. The number of carbonyl (C=O) groups is 1. The second kappa shape index (κ2) is 3.07. The van der Waals surface area contributed by atoms with Crippen molar-refractivity contribution < 1.29 is 4.79 Å². The zero-order valence-electron chi connectivity index (χ0n) is 6.39. The number of carbonyl (C=O) groups excluding carboxylic acids is 1. The van der Waals surface area contributed by atoms with Gasteiger partial charge in [-0.15, -0.1) is 11.3 Å². The van der Waals surface area contributed by atoms with Gasteiger partial charge in [0.1, 0.15) is 0 Å². The van der Waals surface area contributed by atoms with Crippen molar-refractivity contribution in [1.82, 2.24) is 5.32 Å². The quantitative estimate of drug-likeness (QED) is 0.684. The van der Waals surface area contributed by atoms with Crippen LogP contribution in [-0.2, 0) is 6.42 Å². The molecule has 0 aliphatic carbocycles. The maximum atomic E-state index is 11.4. The molecule has 0 radical (unpaired) electrons. The maximum absolute atomic E-state index is 11.4. The first-order valence-corrected chi connectivity index (χ1v) is 5.03. The van der Waals surface area contributed by atoms with E-state index >= 15 is 0 Å². The summed E-state index contributed by atoms with van der Waals surface area (Å²) in [7, 11) is 0. The third kappa shape index (κ3) is 1.34. The van der Waals surface area contributed by atoms with E-state index in [4.69, 9.17) is 11.6 Å². The van der Waals surface area contributed by atoms with Gasteiger partial charge in [-0.2, -0.15) is 0 Å². The number of rotatable bonds is 0. The fourth-order valence-electron chi connectivity index (χ4n) is 1.33. The van der Waals surface area contributed by atoms with Gasteiger partial charge in [-0.1, -0.05) is 11.6 Å². The molecular weight excluding hydrogens is 194 g/mol. The zero-order chi connectivity index (χ0) is 8.55. The number of halogens is 1. The van der Waals surface area contributed by atoms with Gasteiger partial charge in [0.15, 0.2) is 0 Å². The first-order chi connectivity index (χ1) is 5.77. The summed E-state index contributed by atoms with van der Waals surface area (Å²) in [6, 6.07) is 1.90. The van der Waals surface area contributed by atoms with Crippen LogP contribution in [-0.4, -0.2) is 12.5 Å². The van der Waals surface area contributed by atoms with Gasteiger partial charge in [0, 0.05) is 6.54 Å². The summed E-state index contributed by atoms with van der Waals surface area (Å²) < 4.78 is 0.706. The molecular formula is C8H8ClNOS. The van der Waals surface area contributed by atoms with E-state index in [2.05, 4.69) is 5.32 Å². The van der Waals surface area contributed by atoms with Gasteiger partial charge in [-0.05, 0) is 24.5 Å². The number of amides is 1. The van der Waals surface area contributed by atoms with E-state index in [-0.39, 0.29) is 5.91 Å². The molecule has 1 aliphatic heterocycles. The van der Waals surface area contributed by atoms with Crippen LogP contribution in [0.3, 0.4) is 0 Å². The van der Waals surface area contributed by atoms with Crippen LogP contribution in [0.15, 0.2) is 6.07 Å². The van der Waals surface area contributed by atoms with E-state index in [1.165, 1.54) is 11.3 Å². The van der Waals surface area contributed by atoms with E-state index in [0.29, 0.717) is 4.34 Å². The highest BCUT2D eigenvalue weighted by molar-refractivity contribution is 7.18. The van der Waals surface area contributed by atoms with Crippen molar-refractivity contribution in [3.05, 3.63) is 20.8 Å². The van der Waals surface area contributed by atoms with E-state index in [1.54, 1.807) is 0 Å². The van der Waals surface area contributed by atoms with Crippen LogP contribution in [0.2, 0.25) is 4.34 Å². The van der Waals surface area contributed by atoms with E-state index in [1.807, 2.05) is 6.07 Å². The molecule has 0 spiro atoms. The Morgan fingerprint density at radius 1 is 1.58 bits per heavy atom. The maximum Gasteiger partial charge on any atom is 0.261 e. The fraction of sp³-hybridized carbons (Fsp3) is 0.375. The Kier molecular flexibility index (Phi) is 2.07. The lowest BCUT2D eigenvalue weighted by Gasteiger charge is -1.95. The van der Waals surface area contributed by atoms with Gasteiger partial charge in [0.2, 0.25) is 0 Å². The number of hydrogen-bond acceptors (Lipinski definition) is 2. The van der Waals surface area contributed by atoms with Crippen LogP contribution in [0.25, 0.3) is 0 Å². The monoisotopic (exact) mass is 201 g/mol. The molecule has 12 heavy (non-hydrogen) atoms. The molecule has 0 aromatic carbocycles. The molecule has 1 N–H and O–H groups in total. The molecule has 64 valence electrons. The predicted octanol–water partition coefficient (Wildman–Crippen LogP) is 2.08. The number of fused-ring (bicyclic) bond motifs is 1. The number of hydrogen-bond donors (Lipinski definition) is 1.